The fourth-order valence-corrected chi connectivity index (χ4v) is 2.87. The maximum Gasteiger partial charge on any atom is 0.221 e. The second kappa shape index (κ2) is 9.13. The smallest absolute Gasteiger partial charge is 0.221 e. The summed E-state index contributed by atoms with van der Waals surface area (Å²) in [6.45, 7) is 10.6. The van der Waals surface area contributed by atoms with Gasteiger partial charge in [0.1, 0.15) is 24.7 Å². The van der Waals surface area contributed by atoms with E-state index in [9.17, 15) is 4.79 Å². The van der Waals surface area contributed by atoms with E-state index in [1.54, 1.807) is 12.2 Å². The van der Waals surface area contributed by atoms with Crippen molar-refractivity contribution in [2.45, 2.75) is 19.4 Å². The molecule has 0 bridgehead atoms. The van der Waals surface area contributed by atoms with Crippen LogP contribution in [0.5, 0.6) is 11.5 Å². The second-order valence-corrected chi connectivity index (χ2v) is 5.95. The normalized spacial score (nSPS) is 17.9. The van der Waals surface area contributed by atoms with E-state index in [0.29, 0.717) is 19.8 Å². The zero-order valence-corrected chi connectivity index (χ0v) is 14.1. The summed E-state index contributed by atoms with van der Waals surface area (Å²) in [5.74, 6) is 1.24. The van der Waals surface area contributed by atoms with Crippen molar-refractivity contribution in [3.8, 4) is 11.5 Å². The van der Waals surface area contributed by atoms with Crippen LogP contribution in [0.1, 0.15) is 18.4 Å². The molecule has 1 aliphatic heterocycles. The summed E-state index contributed by atoms with van der Waals surface area (Å²) in [7, 11) is 0. The third kappa shape index (κ3) is 5.13. The van der Waals surface area contributed by atoms with Crippen LogP contribution in [0.2, 0.25) is 0 Å². The Kier molecular flexibility index (Phi) is 6.88. The summed E-state index contributed by atoms with van der Waals surface area (Å²) >= 11 is 0. The Labute approximate surface area is 143 Å². The van der Waals surface area contributed by atoms with Gasteiger partial charge in [-0.1, -0.05) is 31.4 Å². The Morgan fingerprint density at radius 2 is 2.04 bits per heavy atom. The first-order valence-electron chi connectivity index (χ1n) is 8.26. The molecule has 2 N–H and O–H groups in total. The van der Waals surface area contributed by atoms with Crippen molar-refractivity contribution in [3.05, 3.63) is 49.1 Å². The lowest BCUT2D eigenvalue weighted by Gasteiger charge is -2.31. The third-order valence-corrected chi connectivity index (χ3v) is 4.06. The molecule has 1 amide bonds. The third-order valence-electron chi connectivity index (χ3n) is 4.06. The van der Waals surface area contributed by atoms with Crippen molar-refractivity contribution in [2.24, 2.45) is 11.7 Å². The number of nitrogens with zero attached hydrogens (tertiary/aromatic N) is 1. The van der Waals surface area contributed by atoms with Gasteiger partial charge in [-0.05, 0) is 25.5 Å². The molecule has 0 saturated carbocycles. The van der Waals surface area contributed by atoms with E-state index in [0.717, 1.165) is 43.0 Å². The van der Waals surface area contributed by atoms with E-state index in [1.807, 2.05) is 18.2 Å². The number of amides is 1. The first kappa shape index (κ1) is 18.1. The van der Waals surface area contributed by atoms with Gasteiger partial charge in [-0.25, -0.2) is 0 Å². The molecule has 5 heteroatoms. The highest BCUT2D eigenvalue weighted by atomic mass is 16.5. The molecule has 1 aliphatic rings. The molecule has 5 nitrogen and oxygen atoms in total. The van der Waals surface area contributed by atoms with Gasteiger partial charge in [-0.15, -0.1) is 0 Å². The zero-order valence-electron chi connectivity index (χ0n) is 14.1. The van der Waals surface area contributed by atoms with Crippen molar-refractivity contribution in [1.29, 1.82) is 0 Å². The van der Waals surface area contributed by atoms with Crippen LogP contribution in [0.3, 0.4) is 0 Å². The number of hydrogen-bond donors (Lipinski definition) is 1. The second-order valence-electron chi connectivity index (χ2n) is 5.95. The van der Waals surface area contributed by atoms with Crippen LogP contribution in [-0.2, 0) is 11.3 Å². The fourth-order valence-electron chi connectivity index (χ4n) is 2.87. The van der Waals surface area contributed by atoms with Crippen molar-refractivity contribution in [2.75, 3.05) is 26.3 Å². The maximum atomic E-state index is 11.4. The molecule has 0 spiro atoms. The number of rotatable bonds is 9. The summed E-state index contributed by atoms with van der Waals surface area (Å²) in [5, 5.41) is 0. The van der Waals surface area contributed by atoms with Crippen LogP contribution in [0.25, 0.3) is 0 Å². The van der Waals surface area contributed by atoms with E-state index in [4.69, 9.17) is 15.2 Å². The molecule has 1 unspecified atom stereocenters. The highest BCUT2D eigenvalue weighted by Crippen LogP contribution is 2.28. The Balaban J connectivity index is 2.10. The molecule has 1 fully saturated rings. The van der Waals surface area contributed by atoms with Crippen molar-refractivity contribution in [1.82, 2.24) is 4.90 Å². The number of ether oxygens (including phenoxy) is 2. The summed E-state index contributed by atoms with van der Waals surface area (Å²) < 4.78 is 11.4. The predicted molar refractivity (Wildman–Crippen MR) is 95.0 cm³/mol. The highest BCUT2D eigenvalue weighted by molar-refractivity contribution is 5.76. The number of primary amides is 1. The topological polar surface area (TPSA) is 64.8 Å². The molecule has 1 aromatic rings. The minimum atomic E-state index is -0.212. The lowest BCUT2D eigenvalue weighted by atomic mass is 9.97. The van der Waals surface area contributed by atoms with Gasteiger partial charge < -0.3 is 15.2 Å². The van der Waals surface area contributed by atoms with Gasteiger partial charge in [0.05, 0.1) is 5.92 Å². The first-order valence-corrected chi connectivity index (χ1v) is 8.26. The SMILES string of the molecule is C=CCOc1ccc(CN2CCCC(C(N)=O)C2)c(OCC=C)c1. The van der Waals surface area contributed by atoms with Crippen LogP contribution < -0.4 is 15.2 Å². The monoisotopic (exact) mass is 330 g/mol. The predicted octanol–water partition coefficient (Wildman–Crippen LogP) is 2.51. The number of likely N-dealkylation sites (tertiary alicyclic amines) is 1. The largest absolute Gasteiger partial charge is 0.489 e. The number of carbonyl (C=O) groups is 1. The number of piperidine rings is 1. The average molecular weight is 330 g/mol. The molecule has 24 heavy (non-hydrogen) atoms. The van der Waals surface area contributed by atoms with Crippen LogP contribution >= 0.6 is 0 Å². The van der Waals surface area contributed by atoms with Crippen LogP contribution in [-0.4, -0.2) is 37.1 Å². The summed E-state index contributed by atoms with van der Waals surface area (Å²) in [6, 6.07) is 5.82. The minimum absolute atomic E-state index is 0.0634. The van der Waals surface area contributed by atoms with Gasteiger partial charge in [0.25, 0.3) is 0 Å². The van der Waals surface area contributed by atoms with Crippen molar-refractivity contribution in [3.63, 3.8) is 0 Å². The number of nitrogens with two attached hydrogens (primary N) is 1. The summed E-state index contributed by atoms with van der Waals surface area (Å²) in [6.07, 6.45) is 5.28. The molecule has 2 rings (SSSR count). The van der Waals surface area contributed by atoms with E-state index in [2.05, 4.69) is 18.1 Å². The number of benzene rings is 1. The molecular weight excluding hydrogens is 304 g/mol. The van der Waals surface area contributed by atoms with Gasteiger partial charge in [-0.3, -0.25) is 9.69 Å². The Morgan fingerprint density at radius 3 is 2.75 bits per heavy atom. The van der Waals surface area contributed by atoms with E-state index < -0.39 is 0 Å². The maximum absolute atomic E-state index is 11.4. The minimum Gasteiger partial charge on any atom is -0.489 e. The average Bonchev–Trinajstić information content (AvgIpc) is 2.59. The van der Waals surface area contributed by atoms with E-state index >= 15 is 0 Å². The molecule has 1 saturated heterocycles. The van der Waals surface area contributed by atoms with Gasteiger partial charge in [-0.2, -0.15) is 0 Å². The number of carbonyl (C=O) groups excluding carboxylic acids is 1. The van der Waals surface area contributed by atoms with E-state index in [1.165, 1.54) is 0 Å². The van der Waals surface area contributed by atoms with Crippen molar-refractivity contribution >= 4 is 5.91 Å². The quantitative estimate of drug-likeness (QED) is 0.707. The molecule has 0 aromatic heterocycles. The molecule has 130 valence electrons. The molecule has 1 atom stereocenters. The molecular formula is C19H26N2O3. The van der Waals surface area contributed by atoms with Gasteiger partial charge in [0.15, 0.2) is 0 Å². The lowest BCUT2D eigenvalue weighted by Crippen LogP contribution is -2.40. The molecule has 0 radical (unpaired) electrons. The van der Waals surface area contributed by atoms with Crippen LogP contribution in [0.4, 0.5) is 0 Å². The molecule has 1 aromatic carbocycles. The van der Waals surface area contributed by atoms with E-state index in [-0.39, 0.29) is 11.8 Å². The van der Waals surface area contributed by atoms with Gasteiger partial charge >= 0.3 is 0 Å². The molecule has 0 aliphatic carbocycles. The fraction of sp³-hybridized carbons (Fsp3) is 0.421. The Morgan fingerprint density at radius 1 is 1.29 bits per heavy atom. The first-order chi connectivity index (χ1) is 11.6. The van der Waals surface area contributed by atoms with Gasteiger partial charge in [0.2, 0.25) is 5.91 Å². The summed E-state index contributed by atoms with van der Waals surface area (Å²) in [5.41, 5.74) is 6.52. The molecule has 1 heterocycles. The van der Waals surface area contributed by atoms with Gasteiger partial charge in [0, 0.05) is 24.7 Å². The highest BCUT2D eigenvalue weighted by Gasteiger charge is 2.24. The number of hydrogen-bond acceptors (Lipinski definition) is 4. The van der Waals surface area contributed by atoms with Crippen molar-refractivity contribution < 1.29 is 14.3 Å². The Bertz CT molecular complexity index is 586. The van der Waals surface area contributed by atoms with Crippen LogP contribution in [0, 0.1) is 5.92 Å². The Hall–Kier alpha value is -2.27. The zero-order chi connectivity index (χ0) is 17.4. The standard InChI is InChI=1S/C19H26N2O3/c1-3-10-23-17-8-7-15(18(12-17)24-11-4-2)13-21-9-5-6-16(14-21)19(20)22/h3-4,7-8,12,16H,1-2,5-6,9-11,13-14H2,(H2,20,22). The lowest BCUT2D eigenvalue weighted by molar-refractivity contribution is -0.123. The summed E-state index contributed by atoms with van der Waals surface area (Å²) in [4.78, 5) is 13.7. The van der Waals surface area contributed by atoms with Crippen LogP contribution in [0.15, 0.2) is 43.5 Å².